The number of benzene rings is 2. The van der Waals surface area contributed by atoms with E-state index in [0.717, 1.165) is 21.4 Å². The molecule has 2 N–H and O–H groups in total. The maximum Gasteiger partial charge on any atom is 0.416 e. The van der Waals surface area contributed by atoms with E-state index in [-0.39, 0.29) is 11.2 Å². The van der Waals surface area contributed by atoms with Gasteiger partial charge in [0.05, 0.1) is 11.1 Å². The third kappa shape index (κ3) is 7.28. The molecule has 0 aliphatic carbocycles. The number of rotatable bonds is 7. The van der Waals surface area contributed by atoms with Gasteiger partial charge in [-0.05, 0) is 36.2 Å². The summed E-state index contributed by atoms with van der Waals surface area (Å²) in [5.41, 5.74) is -3.41. The zero-order valence-corrected chi connectivity index (χ0v) is 21.6. The molecule has 2 aromatic carbocycles. The van der Waals surface area contributed by atoms with Gasteiger partial charge in [0.1, 0.15) is 11.0 Å². The van der Waals surface area contributed by atoms with Crippen LogP contribution < -0.4 is 10.6 Å². The summed E-state index contributed by atoms with van der Waals surface area (Å²) < 4.78 is 79.9. The molecule has 0 bridgehead atoms. The first-order valence-corrected chi connectivity index (χ1v) is 12.3. The lowest BCUT2D eigenvalue weighted by Gasteiger charge is -2.23. The van der Waals surface area contributed by atoms with Crippen LogP contribution in [0.2, 0.25) is 0 Å². The largest absolute Gasteiger partial charge is 0.416 e. The van der Waals surface area contributed by atoms with Crippen LogP contribution in [0.3, 0.4) is 0 Å². The van der Waals surface area contributed by atoms with Gasteiger partial charge in [-0.15, -0.1) is 10.2 Å². The van der Waals surface area contributed by atoms with E-state index < -0.39 is 52.8 Å². The van der Waals surface area contributed by atoms with E-state index in [1.165, 1.54) is 0 Å². The van der Waals surface area contributed by atoms with E-state index in [1.807, 2.05) is 0 Å². The lowest BCUT2D eigenvalue weighted by atomic mass is 9.97. The van der Waals surface area contributed by atoms with Crippen LogP contribution in [0.5, 0.6) is 0 Å². The molecule has 37 heavy (non-hydrogen) atoms. The smallest absolute Gasteiger partial charge is 0.340 e. The number of nitrogens with one attached hydrogen (secondary N) is 2. The summed E-state index contributed by atoms with van der Waals surface area (Å²) in [6.45, 7) is 3.31. The van der Waals surface area contributed by atoms with Gasteiger partial charge in [-0.2, -0.15) is 26.3 Å². The minimum absolute atomic E-state index is 0.0753. The van der Waals surface area contributed by atoms with E-state index in [1.54, 1.807) is 38.1 Å². The summed E-state index contributed by atoms with van der Waals surface area (Å²) in [5, 5.41) is 13.3. The number of nitrogens with zero attached hydrogens (tertiary/aromatic N) is 2. The Kier molecular flexibility index (Phi) is 8.63. The zero-order chi connectivity index (χ0) is 27.5. The van der Waals surface area contributed by atoms with Crippen molar-refractivity contribution in [1.82, 2.24) is 15.5 Å². The third-order valence-corrected chi connectivity index (χ3v) is 6.79. The fourth-order valence-corrected chi connectivity index (χ4v) is 4.19. The molecule has 198 valence electrons. The Morgan fingerprint density at radius 1 is 0.973 bits per heavy atom. The van der Waals surface area contributed by atoms with E-state index in [2.05, 4.69) is 36.8 Å². The summed E-state index contributed by atoms with van der Waals surface area (Å²) >= 11 is 4.37. The van der Waals surface area contributed by atoms with Crippen LogP contribution in [0.25, 0.3) is 10.6 Å². The topological polar surface area (TPSA) is 84.0 Å². The van der Waals surface area contributed by atoms with Crippen molar-refractivity contribution in [2.45, 2.75) is 38.7 Å². The Morgan fingerprint density at radius 3 is 2.05 bits per heavy atom. The quantitative estimate of drug-likeness (QED) is 0.289. The normalized spacial score (nSPS) is 13.6. The van der Waals surface area contributed by atoms with Gasteiger partial charge >= 0.3 is 12.4 Å². The second kappa shape index (κ2) is 11.2. The minimum Gasteiger partial charge on any atom is -0.340 e. The van der Waals surface area contributed by atoms with Crippen LogP contribution in [0.15, 0.2) is 46.9 Å². The van der Waals surface area contributed by atoms with Crippen molar-refractivity contribution in [3.05, 3.63) is 63.6 Å². The third-order valence-electron chi connectivity index (χ3n) is 5.38. The average molecular weight is 609 g/mol. The molecule has 2 unspecified atom stereocenters. The van der Waals surface area contributed by atoms with E-state index in [4.69, 9.17) is 0 Å². The van der Waals surface area contributed by atoms with E-state index >= 15 is 0 Å². The van der Waals surface area contributed by atoms with Crippen molar-refractivity contribution in [3.8, 4) is 10.6 Å². The number of anilines is 1. The molecule has 0 fully saturated rings. The molecular formula is C23H19BrF6N4O2S. The summed E-state index contributed by atoms with van der Waals surface area (Å²) in [6, 6.07) is 6.42. The molecule has 0 aliphatic heterocycles. The molecule has 1 aromatic heterocycles. The van der Waals surface area contributed by atoms with E-state index in [0.29, 0.717) is 23.6 Å². The van der Waals surface area contributed by atoms with Crippen molar-refractivity contribution in [2.75, 3.05) is 5.32 Å². The first-order valence-electron chi connectivity index (χ1n) is 10.7. The highest BCUT2D eigenvalue weighted by Crippen LogP contribution is 2.36. The second-order valence-electron chi connectivity index (χ2n) is 8.04. The minimum atomic E-state index is -5.12. The molecule has 2 atom stereocenters. The van der Waals surface area contributed by atoms with Gasteiger partial charge in [0.15, 0.2) is 0 Å². The Hall–Kier alpha value is -3.00. The standard InChI is InChI=1S/C23H19BrF6N4O2S/c1-3-11(2)17(19(36)32-21-34-33-20(37-21)12-4-6-16(24)7-5-12)31-18(35)13-8-14(22(25,26)27)10-15(9-13)23(28,29)30/h4-11,17H,3H2,1-2H3,(H,31,35)(H,32,34,36). The molecule has 0 saturated heterocycles. The highest BCUT2D eigenvalue weighted by Gasteiger charge is 2.38. The Labute approximate surface area is 219 Å². The van der Waals surface area contributed by atoms with Gasteiger partial charge in [-0.3, -0.25) is 14.9 Å². The summed E-state index contributed by atoms with van der Waals surface area (Å²) in [5.74, 6) is -2.52. The molecule has 0 aliphatic rings. The number of hydrogen-bond acceptors (Lipinski definition) is 5. The van der Waals surface area contributed by atoms with Gasteiger partial charge < -0.3 is 5.32 Å². The predicted molar refractivity (Wildman–Crippen MR) is 129 cm³/mol. The fourth-order valence-electron chi connectivity index (χ4n) is 3.18. The maximum atomic E-state index is 13.2. The van der Waals surface area contributed by atoms with Crippen molar-refractivity contribution in [3.63, 3.8) is 0 Å². The van der Waals surface area contributed by atoms with Gasteiger partial charge in [0.25, 0.3) is 5.91 Å². The van der Waals surface area contributed by atoms with Crippen LogP contribution in [0.1, 0.15) is 41.8 Å². The van der Waals surface area contributed by atoms with Gasteiger partial charge in [0.2, 0.25) is 11.0 Å². The molecular weight excluding hydrogens is 590 g/mol. The average Bonchev–Trinajstić information content (AvgIpc) is 3.29. The van der Waals surface area contributed by atoms with Crippen molar-refractivity contribution in [2.24, 2.45) is 5.92 Å². The van der Waals surface area contributed by atoms with Crippen LogP contribution in [0.4, 0.5) is 31.5 Å². The van der Waals surface area contributed by atoms with Crippen molar-refractivity contribution in [1.29, 1.82) is 0 Å². The second-order valence-corrected chi connectivity index (χ2v) is 9.93. The van der Waals surface area contributed by atoms with Crippen molar-refractivity contribution < 1.29 is 35.9 Å². The molecule has 14 heteroatoms. The molecule has 3 rings (SSSR count). The zero-order valence-electron chi connectivity index (χ0n) is 19.2. The summed E-state index contributed by atoms with van der Waals surface area (Å²) in [6.07, 6.45) is -9.86. The first-order chi connectivity index (χ1) is 17.2. The molecule has 0 saturated carbocycles. The van der Waals surface area contributed by atoms with Crippen molar-refractivity contribution >= 4 is 44.2 Å². The van der Waals surface area contributed by atoms with Gasteiger partial charge in [0, 0.05) is 15.6 Å². The Bertz CT molecular complexity index is 1250. The Morgan fingerprint density at radius 2 is 1.54 bits per heavy atom. The van der Waals surface area contributed by atoms with Crippen LogP contribution in [-0.2, 0) is 17.1 Å². The molecule has 3 aromatic rings. The van der Waals surface area contributed by atoms with Gasteiger partial charge in [-0.25, -0.2) is 0 Å². The summed E-state index contributed by atoms with van der Waals surface area (Å²) in [7, 11) is 0. The molecule has 0 spiro atoms. The number of alkyl halides is 6. The number of carbonyl (C=O) groups excluding carboxylic acids is 2. The fraction of sp³-hybridized carbons (Fsp3) is 0.304. The number of hydrogen-bond donors (Lipinski definition) is 2. The lowest BCUT2D eigenvalue weighted by Crippen LogP contribution is -2.47. The molecule has 6 nitrogen and oxygen atoms in total. The SMILES string of the molecule is CCC(C)C(NC(=O)c1cc(C(F)(F)F)cc(C(F)(F)F)c1)C(=O)Nc1nnc(-c2ccc(Br)cc2)s1. The predicted octanol–water partition coefficient (Wildman–Crippen LogP) is 6.79. The van der Waals surface area contributed by atoms with Gasteiger partial charge in [-0.1, -0.05) is 59.7 Å². The highest BCUT2D eigenvalue weighted by atomic mass is 79.9. The number of aromatic nitrogens is 2. The molecule has 0 radical (unpaired) electrons. The van der Waals surface area contributed by atoms with Crippen LogP contribution in [-0.4, -0.2) is 28.1 Å². The Balaban J connectivity index is 1.84. The maximum absolute atomic E-state index is 13.2. The van der Waals surface area contributed by atoms with Crippen LogP contribution in [0, 0.1) is 5.92 Å². The number of halogens is 7. The highest BCUT2D eigenvalue weighted by molar-refractivity contribution is 9.10. The van der Waals surface area contributed by atoms with E-state index in [9.17, 15) is 35.9 Å². The lowest BCUT2D eigenvalue weighted by molar-refractivity contribution is -0.143. The molecule has 2 amide bonds. The first kappa shape index (κ1) is 28.6. The number of amides is 2. The number of carbonyl (C=O) groups is 2. The monoisotopic (exact) mass is 608 g/mol. The summed E-state index contributed by atoms with van der Waals surface area (Å²) in [4.78, 5) is 25.7. The van der Waals surface area contributed by atoms with Crippen LogP contribution >= 0.6 is 27.3 Å². The molecule has 1 heterocycles.